The first kappa shape index (κ1) is 17.8. The summed E-state index contributed by atoms with van der Waals surface area (Å²) in [5.74, 6) is 0. The van der Waals surface area contributed by atoms with Gasteiger partial charge in [0.1, 0.15) is 0 Å². The molecule has 25 heavy (non-hydrogen) atoms. The van der Waals surface area contributed by atoms with Crippen LogP contribution in [0.3, 0.4) is 0 Å². The fourth-order valence-corrected chi connectivity index (χ4v) is 6.30. The zero-order valence-electron chi connectivity index (χ0n) is 15.4. The molecule has 3 aromatic rings. The summed E-state index contributed by atoms with van der Waals surface area (Å²) in [6.45, 7) is 6.84. The van der Waals surface area contributed by atoms with Crippen molar-refractivity contribution in [2.24, 2.45) is 0 Å². The maximum Gasteiger partial charge on any atom is 0.193 e. The van der Waals surface area contributed by atoms with Gasteiger partial charge in [-0.3, -0.25) is 4.98 Å². The van der Waals surface area contributed by atoms with Gasteiger partial charge in [-0.15, -0.1) is 0 Å². The Morgan fingerprint density at radius 1 is 0.840 bits per heavy atom. The van der Waals surface area contributed by atoms with Gasteiger partial charge in [0, 0.05) is 23.3 Å². The molecule has 3 heteroatoms. The predicted octanol–water partition coefficient (Wildman–Crippen LogP) is 6.35. The number of nitrogens with zero attached hydrogens (tertiary/aromatic N) is 1. The number of aromatic nitrogens is 1. The highest BCUT2D eigenvalue weighted by atomic mass is 28.4. The van der Waals surface area contributed by atoms with Crippen LogP contribution in [0, 0.1) is 0 Å². The molecule has 0 bridgehead atoms. The molecule has 0 aliphatic heterocycles. The third-order valence-electron chi connectivity index (χ3n) is 5.38. The van der Waals surface area contributed by atoms with Crippen molar-refractivity contribution in [2.75, 3.05) is 0 Å². The summed E-state index contributed by atoms with van der Waals surface area (Å²) < 4.78 is 6.96. The third kappa shape index (κ3) is 3.68. The van der Waals surface area contributed by atoms with Gasteiger partial charge < -0.3 is 4.43 Å². The molecular formula is C22H27NOSi. The third-order valence-corrected chi connectivity index (χ3v) is 9.99. The molecule has 0 N–H and O–H groups in total. The summed E-state index contributed by atoms with van der Waals surface area (Å²) in [6.07, 6.45) is 3.87. The average molecular weight is 350 g/mol. The van der Waals surface area contributed by atoms with Crippen molar-refractivity contribution < 1.29 is 4.43 Å². The van der Waals surface area contributed by atoms with E-state index in [9.17, 15) is 0 Å². The molecule has 0 fully saturated rings. The number of hydrogen-bond donors (Lipinski definition) is 0. The Balaban J connectivity index is 2.14. The Morgan fingerprint density at radius 2 is 1.48 bits per heavy atom. The number of rotatable bonds is 7. The van der Waals surface area contributed by atoms with Crippen LogP contribution in [0.25, 0.3) is 10.8 Å². The van der Waals surface area contributed by atoms with Crippen LogP contribution in [0.5, 0.6) is 0 Å². The zero-order chi connectivity index (χ0) is 17.7. The normalized spacial score (nSPS) is 13.1. The molecule has 130 valence electrons. The SMILES string of the molecule is CC[Si](CC)(CC)O[C@@H](c1ccccc1)c1cncc2ccccc12. The monoisotopic (exact) mass is 349 g/mol. The molecule has 0 amide bonds. The van der Waals surface area contributed by atoms with Crippen molar-refractivity contribution in [1.29, 1.82) is 0 Å². The largest absolute Gasteiger partial charge is 0.406 e. The van der Waals surface area contributed by atoms with Crippen molar-refractivity contribution in [3.8, 4) is 0 Å². The number of pyridine rings is 1. The van der Waals surface area contributed by atoms with Gasteiger partial charge >= 0.3 is 0 Å². The number of benzene rings is 2. The van der Waals surface area contributed by atoms with E-state index in [1.54, 1.807) is 0 Å². The van der Waals surface area contributed by atoms with Crippen molar-refractivity contribution in [3.63, 3.8) is 0 Å². The van der Waals surface area contributed by atoms with Gasteiger partial charge in [-0.1, -0.05) is 75.4 Å². The summed E-state index contributed by atoms with van der Waals surface area (Å²) >= 11 is 0. The lowest BCUT2D eigenvalue weighted by Gasteiger charge is -2.34. The quantitative estimate of drug-likeness (QED) is 0.464. The van der Waals surface area contributed by atoms with Crippen molar-refractivity contribution in [3.05, 3.63) is 78.1 Å². The van der Waals surface area contributed by atoms with E-state index in [1.165, 1.54) is 21.9 Å². The lowest BCUT2D eigenvalue weighted by molar-refractivity contribution is 0.231. The van der Waals surface area contributed by atoms with Crippen LogP contribution in [0.4, 0.5) is 0 Å². The van der Waals surface area contributed by atoms with Gasteiger partial charge in [0.25, 0.3) is 0 Å². The van der Waals surface area contributed by atoms with Gasteiger partial charge in [-0.25, -0.2) is 0 Å². The Bertz CT molecular complexity index is 801. The van der Waals surface area contributed by atoms with Crippen LogP contribution in [-0.2, 0) is 4.43 Å². The summed E-state index contributed by atoms with van der Waals surface area (Å²) in [7, 11) is -1.76. The fraction of sp³-hybridized carbons (Fsp3) is 0.318. The van der Waals surface area contributed by atoms with Gasteiger partial charge in [-0.2, -0.15) is 0 Å². The molecule has 0 radical (unpaired) electrons. The minimum absolute atomic E-state index is 0.0497. The zero-order valence-corrected chi connectivity index (χ0v) is 16.4. The molecule has 0 aliphatic rings. The minimum atomic E-state index is -1.76. The molecule has 2 nitrogen and oxygen atoms in total. The first-order valence-corrected chi connectivity index (χ1v) is 11.8. The summed E-state index contributed by atoms with van der Waals surface area (Å²) in [4.78, 5) is 4.50. The Labute approximate surface area is 152 Å². The second-order valence-corrected chi connectivity index (χ2v) is 11.3. The molecule has 3 rings (SSSR count). The Kier molecular flexibility index (Phi) is 5.66. The van der Waals surface area contributed by atoms with E-state index in [0.29, 0.717) is 0 Å². The van der Waals surface area contributed by atoms with Crippen molar-refractivity contribution in [2.45, 2.75) is 45.0 Å². The molecule has 1 atom stereocenters. The van der Waals surface area contributed by atoms with E-state index in [0.717, 1.165) is 18.1 Å². The molecule has 0 aliphatic carbocycles. The van der Waals surface area contributed by atoms with E-state index >= 15 is 0 Å². The molecule has 1 heterocycles. The maximum atomic E-state index is 6.96. The molecular weight excluding hydrogens is 322 g/mol. The Morgan fingerprint density at radius 3 is 2.16 bits per heavy atom. The molecule has 0 saturated carbocycles. The maximum absolute atomic E-state index is 6.96. The lowest BCUT2D eigenvalue weighted by atomic mass is 9.98. The van der Waals surface area contributed by atoms with E-state index in [2.05, 4.69) is 80.4 Å². The minimum Gasteiger partial charge on any atom is -0.406 e. The predicted molar refractivity (Wildman–Crippen MR) is 108 cm³/mol. The van der Waals surface area contributed by atoms with E-state index < -0.39 is 8.32 Å². The van der Waals surface area contributed by atoms with Crippen LogP contribution < -0.4 is 0 Å². The number of hydrogen-bond acceptors (Lipinski definition) is 2. The van der Waals surface area contributed by atoms with Crippen LogP contribution in [0.15, 0.2) is 67.0 Å². The topological polar surface area (TPSA) is 22.1 Å². The highest BCUT2D eigenvalue weighted by molar-refractivity contribution is 6.73. The fourth-order valence-electron chi connectivity index (χ4n) is 3.54. The number of fused-ring (bicyclic) bond motifs is 1. The van der Waals surface area contributed by atoms with E-state index in [4.69, 9.17) is 4.43 Å². The van der Waals surface area contributed by atoms with Crippen LogP contribution >= 0.6 is 0 Å². The molecule has 1 aromatic heterocycles. The van der Waals surface area contributed by atoms with Gasteiger partial charge in [0.2, 0.25) is 0 Å². The van der Waals surface area contributed by atoms with Crippen molar-refractivity contribution >= 4 is 19.1 Å². The lowest BCUT2D eigenvalue weighted by Crippen LogP contribution is -2.37. The van der Waals surface area contributed by atoms with Gasteiger partial charge in [-0.05, 0) is 29.1 Å². The Hall–Kier alpha value is -1.97. The van der Waals surface area contributed by atoms with Crippen LogP contribution in [-0.4, -0.2) is 13.3 Å². The second kappa shape index (κ2) is 7.94. The summed E-state index contributed by atoms with van der Waals surface area (Å²) in [5.41, 5.74) is 2.39. The highest BCUT2D eigenvalue weighted by Crippen LogP contribution is 2.36. The van der Waals surface area contributed by atoms with Crippen LogP contribution in [0.2, 0.25) is 18.1 Å². The molecule has 0 saturated heterocycles. The van der Waals surface area contributed by atoms with E-state index in [-0.39, 0.29) is 6.10 Å². The smallest absolute Gasteiger partial charge is 0.193 e. The average Bonchev–Trinajstić information content (AvgIpc) is 2.70. The summed E-state index contributed by atoms with van der Waals surface area (Å²) in [5, 5.41) is 2.40. The highest BCUT2D eigenvalue weighted by Gasteiger charge is 2.33. The first-order chi connectivity index (χ1) is 12.2. The first-order valence-electron chi connectivity index (χ1n) is 9.28. The summed E-state index contributed by atoms with van der Waals surface area (Å²) in [6, 6.07) is 22.5. The van der Waals surface area contributed by atoms with E-state index in [1.807, 2.05) is 12.4 Å². The van der Waals surface area contributed by atoms with Crippen LogP contribution in [0.1, 0.15) is 38.0 Å². The molecule has 2 aromatic carbocycles. The standard InChI is InChI=1S/C22H27NOSi/c1-4-25(5-2,6-3)24-22(18-12-8-7-9-13-18)21-17-23-16-19-14-10-11-15-20(19)21/h7-17,22H,4-6H2,1-3H3/t22-/m0/s1. The molecule has 0 unspecified atom stereocenters. The molecule has 0 spiro atoms. The van der Waals surface area contributed by atoms with Gasteiger partial charge in [0.05, 0.1) is 6.10 Å². The van der Waals surface area contributed by atoms with Gasteiger partial charge in [0.15, 0.2) is 8.32 Å². The van der Waals surface area contributed by atoms with Crippen molar-refractivity contribution in [1.82, 2.24) is 4.98 Å². The second-order valence-electron chi connectivity index (χ2n) is 6.60.